The molecule has 1 amide bonds. The first kappa shape index (κ1) is 22.2. The number of amides is 1. The van der Waals surface area contributed by atoms with E-state index < -0.39 is 0 Å². The molecule has 4 nitrogen and oxygen atoms in total. The van der Waals surface area contributed by atoms with Crippen molar-refractivity contribution in [3.05, 3.63) is 35.9 Å². The Kier molecular flexibility index (Phi) is 9.80. The molecule has 3 rings (SSSR count). The third-order valence-electron chi connectivity index (χ3n) is 5.31. The molecule has 2 fully saturated rings. The molecule has 1 N–H and O–H groups in total. The number of likely N-dealkylation sites (tertiary alicyclic amines) is 1. The summed E-state index contributed by atoms with van der Waals surface area (Å²) in [5, 5.41) is 3.38. The van der Waals surface area contributed by atoms with Gasteiger partial charge in [0.15, 0.2) is 0 Å². The Morgan fingerprint density at radius 2 is 1.80 bits per heavy atom. The van der Waals surface area contributed by atoms with Crippen molar-refractivity contribution in [1.29, 1.82) is 0 Å². The summed E-state index contributed by atoms with van der Waals surface area (Å²) in [6.45, 7) is 4.17. The first-order chi connectivity index (χ1) is 11.2. The minimum absolute atomic E-state index is 0. The Bertz CT molecular complexity index is 501. The van der Waals surface area contributed by atoms with Gasteiger partial charge in [-0.25, -0.2) is 0 Å². The molecule has 0 spiro atoms. The van der Waals surface area contributed by atoms with Gasteiger partial charge in [-0.2, -0.15) is 0 Å². The highest BCUT2D eigenvalue weighted by atomic mass is 35.5. The van der Waals surface area contributed by atoms with Crippen LogP contribution in [0.1, 0.15) is 37.7 Å². The lowest BCUT2D eigenvalue weighted by molar-refractivity contribution is -0.135. The third kappa shape index (κ3) is 6.14. The predicted octanol–water partition coefficient (Wildman–Crippen LogP) is 3.10. The average Bonchev–Trinajstić information content (AvgIpc) is 2.63. The molecule has 2 heterocycles. The molecule has 1 atom stereocenters. The Morgan fingerprint density at radius 1 is 1.12 bits per heavy atom. The topological polar surface area (TPSA) is 35.6 Å². The quantitative estimate of drug-likeness (QED) is 0.861. The van der Waals surface area contributed by atoms with Crippen LogP contribution in [-0.4, -0.2) is 54.5 Å². The van der Waals surface area contributed by atoms with E-state index in [0.717, 1.165) is 45.4 Å². The smallest absolute Gasteiger partial charge is 0.239 e. The predicted molar refractivity (Wildman–Crippen MR) is 108 cm³/mol. The number of benzene rings is 1. The van der Waals surface area contributed by atoms with Gasteiger partial charge in [0.05, 0.1) is 6.04 Å². The number of carbonyl (C=O) groups is 1. The zero-order valence-corrected chi connectivity index (χ0v) is 16.7. The minimum Gasteiger partial charge on any atom is -0.341 e. The van der Waals surface area contributed by atoms with E-state index >= 15 is 0 Å². The summed E-state index contributed by atoms with van der Waals surface area (Å²) >= 11 is 0. The van der Waals surface area contributed by atoms with Gasteiger partial charge in [0.25, 0.3) is 0 Å². The molecule has 25 heavy (non-hydrogen) atoms. The lowest BCUT2D eigenvalue weighted by Crippen LogP contribution is -2.52. The molecule has 2 saturated heterocycles. The molecule has 142 valence electrons. The zero-order valence-electron chi connectivity index (χ0n) is 15.0. The number of nitrogens with zero attached hydrogens (tertiary/aromatic N) is 2. The van der Waals surface area contributed by atoms with Crippen LogP contribution in [0.4, 0.5) is 0 Å². The van der Waals surface area contributed by atoms with Gasteiger partial charge in [-0.15, -0.1) is 24.8 Å². The van der Waals surface area contributed by atoms with Gasteiger partial charge in [0.1, 0.15) is 0 Å². The number of carbonyl (C=O) groups excluding carboxylic acids is 1. The van der Waals surface area contributed by atoms with Crippen LogP contribution in [-0.2, 0) is 11.3 Å². The highest BCUT2D eigenvalue weighted by Gasteiger charge is 2.30. The van der Waals surface area contributed by atoms with Crippen molar-refractivity contribution in [3.8, 4) is 0 Å². The second-order valence-corrected chi connectivity index (χ2v) is 6.94. The second kappa shape index (κ2) is 11.0. The second-order valence-electron chi connectivity index (χ2n) is 6.94. The van der Waals surface area contributed by atoms with E-state index in [1.165, 1.54) is 18.4 Å². The Morgan fingerprint density at radius 3 is 2.40 bits per heavy atom. The number of hydrogen-bond donors (Lipinski definition) is 1. The van der Waals surface area contributed by atoms with Crippen LogP contribution in [0.15, 0.2) is 30.3 Å². The number of rotatable bonds is 4. The number of hydrogen-bond acceptors (Lipinski definition) is 3. The van der Waals surface area contributed by atoms with Crippen LogP contribution in [0.5, 0.6) is 0 Å². The number of likely N-dealkylation sites (N-methyl/N-ethyl adjacent to an activating group) is 1. The van der Waals surface area contributed by atoms with E-state index in [1.54, 1.807) is 0 Å². The summed E-state index contributed by atoms with van der Waals surface area (Å²) in [4.78, 5) is 17.1. The van der Waals surface area contributed by atoms with Crippen molar-refractivity contribution in [2.75, 3.05) is 26.7 Å². The molecule has 0 aliphatic carbocycles. The molecule has 0 saturated carbocycles. The molecular weight excluding hydrogens is 357 g/mol. The first-order valence-corrected chi connectivity index (χ1v) is 9.00. The molecule has 0 radical (unpaired) electrons. The molecule has 6 heteroatoms. The van der Waals surface area contributed by atoms with Crippen LogP contribution in [0.2, 0.25) is 0 Å². The maximum absolute atomic E-state index is 12.6. The van der Waals surface area contributed by atoms with Gasteiger partial charge < -0.3 is 10.2 Å². The van der Waals surface area contributed by atoms with Crippen LogP contribution in [0.3, 0.4) is 0 Å². The van der Waals surface area contributed by atoms with Crippen molar-refractivity contribution >= 4 is 30.7 Å². The van der Waals surface area contributed by atoms with Crippen molar-refractivity contribution in [1.82, 2.24) is 15.1 Å². The van der Waals surface area contributed by atoms with Gasteiger partial charge in [-0.05, 0) is 37.8 Å². The van der Waals surface area contributed by atoms with Crippen LogP contribution in [0.25, 0.3) is 0 Å². The minimum atomic E-state index is 0. The highest BCUT2D eigenvalue weighted by Crippen LogP contribution is 2.19. The van der Waals surface area contributed by atoms with Crippen LogP contribution in [0, 0.1) is 0 Å². The number of nitrogens with one attached hydrogen (secondary N) is 1. The van der Waals surface area contributed by atoms with Gasteiger partial charge >= 0.3 is 0 Å². The summed E-state index contributed by atoms with van der Waals surface area (Å²) in [6, 6.07) is 11.1. The summed E-state index contributed by atoms with van der Waals surface area (Å²) in [5.74, 6) is 0.297. The van der Waals surface area contributed by atoms with Crippen molar-refractivity contribution in [3.63, 3.8) is 0 Å². The normalized spacial score (nSPS) is 21.7. The van der Waals surface area contributed by atoms with Crippen molar-refractivity contribution < 1.29 is 4.79 Å². The standard InChI is InChI=1S/C19H29N3O.2ClH/c1-21(19(23)18-9-5-6-12-20-18)17-10-13-22(14-11-17)15-16-7-3-2-4-8-16;;/h2-4,7-8,17-18,20H,5-6,9-15H2,1H3;2*1H. The fourth-order valence-electron chi connectivity index (χ4n) is 3.79. The molecule has 1 aromatic rings. The Labute approximate surface area is 164 Å². The largest absolute Gasteiger partial charge is 0.341 e. The van der Waals surface area contributed by atoms with Crippen molar-refractivity contribution in [2.24, 2.45) is 0 Å². The zero-order chi connectivity index (χ0) is 16.1. The highest BCUT2D eigenvalue weighted by molar-refractivity contribution is 5.85. The van der Waals surface area contributed by atoms with Gasteiger partial charge in [0, 0.05) is 32.7 Å². The average molecular weight is 388 g/mol. The van der Waals surface area contributed by atoms with E-state index in [-0.39, 0.29) is 30.9 Å². The molecule has 2 aliphatic rings. The van der Waals surface area contributed by atoms with Gasteiger partial charge in [0.2, 0.25) is 5.91 Å². The third-order valence-corrected chi connectivity index (χ3v) is 5.31. The summed E-state index contributed by atoms with van der Waals surface area (Å²) in [6.07, 6.45) is 5.54. The van der Waals surface area contributed by atoms with Crippen molar-refractivity contribution in [2.45, 2.75) is 50.7 Å². The van der Waals surface area contributed by atoms with Crippen LogP contribution < -0.4 is 5.32 Å². The molecular formula is C19H31Cl2N3O. The first-order valence-electron chi connectivity index (χ1n) is 9.00. The molecule has 1 unspecified atom stereocenters. The maximum atomic E-state index is 12.6. The summed E-state index contributed by atoms with van der Waals surface area (Å²) < 4.78 is 0. The Hall–Kier alpha value is -0.810. The van der Waals surface area contributed by atoms with E-state index in [2.05, 4.69) is 40.5 Å². The van der Waals surface area contributed by atoms with E-state index in [0.29, 0.717) is 11.9 Å². The van der Waals surface area contributed by atoms with Gasteiger partial charge in [-0.1, -0.05) is 36.8 Å². The van der Waals surface area contributed by atoms with E-state index in [9.17, 15) is 4.79 Å². The van der Waals surface area contributed by atoms with Gasteiger partial charge in [-0.3, -0.25) is 9.69 Å². The fraction of sp³-hybridized carbons (Fsp3) is 0.632. The maximum Gasteiger partial charge on any atom is 0.239 e. The fourth-order valence-corrected chi connectivity index (χ4v) is 3.79. The molecule has 0 bridgehead atoms. The summed E-state index contributed by atoms with van der Waals surface area (Å²) in [5.41, 5.74) is 1.38. The Balaban J connectivity index is 0.00000156. The lowest BCUT2D eigenvalue weighted by atomic mass is 9.99. The van der Waals surface area contributed by atoms with E-state index in [4.69, 9.17) is 0 Å². The SMILES string of the molecule is CN(C(=O)C1CCCCN1)C1CCN(Cc2ccccc2)CC1.Cl.Cl. The number of piperidine rings is 2. The summed E-state index contributed by atoms with van der Waals surface area (Å²) in [7, 11) is 2.00. The van der Waals surface area contributed by atoms with E-state index in [1.807, 2.05) is 11.9 Å². The van der Waals surface area contributed by atoms with Crippen LogP contribution >= 0.6 is 24.8 Å². The monoisotopic (exact) mass is 387 g/mol. The number of halogens is 2. The molecule has 2 aliphatic heterocycles. The molecule has 0 aromatic heterocycles. The lowest BCUT2D eigenvalue weighted by Gasteiger charge is -2.38. The molecule has 1 aromatic carbocycles.